The van der Waals surface area contributed by atoms with Gasteiger partial charge in [0, 0.05) is 27.1 Å². The lowest BCUT2D eigenvalue weighted by atomic mass is 10.1. The number of phenols is 1. The number of nitrogens with one attached hydrogen (secondary N) is 1. The number of amides is 2. The second kappa shape index (κ2) is 5.90. The molecule has 0 fully saturated rings. The average Bonchev–Trinajstić information content (AvgIpc) is 2.32. The number of nitrogen functional groups attached to an aromatic ring is 1. The maximum atomic E-state index is 11.7. The Bertz CT molecular complexity index is 458. The van der Waals surface area contributed by atoms with Crippen LogP contribution in [0, 0.1) is 0 Å². The number of carbonyl (C=O) groups is 2. The van der Waals surface area contributed by atoms with Crippen LogP contribution in [-0.2, 0) is 4.79 Å². The third-order valence-electron chi connectivity index (χ3n) is 2.44. The molecule has 0 radical (unpaired) electrons. The number of aromatic hydroxyl groups is 1. The monoisotopic (exact) mass is 251 g/mol. The van der Waals surface area contributed by atoms with E-state index in [1.165, 1.54) is 17.0 Å². The number of para-hydroxylation sites is 1. The summed E-state index contributed by atoms with van der Waals surface area (Å²) < 4.78 is 0. The molecule has 0 spiro atoms. The zero-order valence-corrected chi connectivity index (χ0v) is 10.4. The van der Waals surface area contributed by atoms with Gasteiger partial charge in [0.05, 0.1) is 11.3 Å². The summed E-state index contributed by atoms with van der Waals surface area (Å²) in [5.41, 5.74) is 5.73. The van der Waals surface area contributed by atoms with E-state index in [1.54, 1.807) is 20.2 Å². The van der Waals surface area contributed by atoms with Crippen LogP contribution in [0.4, 0.5) is 5.69 Å². The van der Waals surface area contributed by atoms with Crippen molar-refractivity contribution >= 4 is 17.5 Å². The van der Waals surface area contributed by atoms with Gasteiger partial charge in [-0.1, -0.05) is 6.07 Å². The maximum absolute atomic E-state index is 11.7. The highest BCUT2D eigenvalue weighted by Gasteiger charge is 2.13. The van der Waals surface area contributed by atoms with Gasteiger partial charge in [0.25, 0.3) is 5.91 Å². The first-order valence-electron chi connectivity index (χ1n) is 5.49. The Morgan fingerprint density at radius 3 is 2.67 bits per heavy atom. The number of nitrogens with two attached hydrogens (primary N) is 1. The highest BCUT2D eigenvalue weighted by molar-refractivity contribution is 5.98. The smallest absolute Gasteiger partial charge is 0.255 e. The molecule has 1 aromatic carbocycles. The molecular weight excluding hydrogens is 234 g/mol. The standard InChI is InChI=1S/C12H17N3O3/c1-15(2)10(16)6-7-14-12(18)8-4-3-5-9(13)11(8)17/h3-5,17H,6-7,13H2,1-2H3,(H,14,18). The van der Waals surface area contributed by atoms with Crippen molar-refractivity contribution in [3.05, 3.63) is 23.8 Å². The lowest BCUT2D eigenvalue weighted by Gasteiger charge is -2.11. The Balaban J connectivity index is 2.56. The number of hydrogen-bond acceptors (Lipinski definition) is 4. The molecule has 4 N–H and O–H groups in total. The van der Waals surface area contributed by atoms with Crippen LogP contribution in [-0.4, -0.2) is 42.5 Å². The highest BCUT2D eigenvalue weighted by atomic mass is 16.3. The lowest BCUT2D eigenvalue weighted by molar-refractivity contribution is -0.128. The van der Waals surface area contributed by atoms with Gasteiger partial charge in [0.2, 0.25) is 5.91 Å². The second-order valence-corrected chi connectivity index (χ2v) is 4.04. The van der Waals surface area contributed by atoms with Gasteiger partial charge in [0.15, 0.2) is 5.75 Å². The van der Waals surface area contributed by atoms with E-state index in [9.17, 15) is 14.7 Å². The number of rotatable bonds is 4. The zero-order valence-electron chi connectivity index (χ0n) is 10.4. The van der Waals surface area contributed by atoms with Gasteiger partial charge in [-0.05, 0) is 12.1 Å². The van der Waals surface area contributed by atoms with Crippen LogP contribution in [0.25, 0.3) is 0 Å². The maximum Gasteiger partial charge on any atom is 0.255 e. The van der Waals surface area contributed by atoms with E-state index in [-0.39, 0.29) is 35.9 Å². The Morgan fingerprint density at radius 2 is 2.06 bits per heavy atom. The average molecular weight is 251 g/mol. The summed E-state index contributed by atoms with van der Waals surface area (Å²) in [4.78, 5) is 24.5. The molecule has 0 atom stereocenters. The van der Waals surface area contributed by atoms with Crippen LogP contribution in [0.1, 0.15) is 16.8 Å². The van der Waals surface area contributed by atoms with Gasteiger partial charge in [-0.2, -0.15) is 0 Å². The fourth-order valence-electron chi connectivity index (χ4n) is 1.35. The molecule has 0 saturated heterocycles. The molecule has 0 aliphatic rings. The van der Waals surface area contributed by atoms with Crippen LogP contribution in [0.5, 0.6) is 5.75 Å². The van der Waals surface area contributed by atoms with Gasteiger partial charge in [-0.3, -0.25) is 9.59 Å². The summed E-state index contributed by atoms with van der Waals surface area (Å²) in [6.07, 6.45) is 0.210. The van der Waals surface area contributed by atoms with E-state index < -0.39 is 5.91 Å². The number of hydrogen-bond donors (Lipinski definition) is 3. The molecule has 0 unspecified atom stereocenters. The summed E-state index contributed by atoms with van der Waals surface area (Å²) in [6, 6.07) is 4.55. The van der Waals surface area contributed by atoms with E-state index in [0.29, 0.717) is 0 Å². The van der Waals surface area contributed by atoms with Gasteiger partial charge in [0.1, 0.15) is 0 Å². The molecule has 0 aliphatic heterocycles. The third-order valence-corrected chi connectivity index (χ3v) is 2.44. The molecule has 0 bridgehead atoms. The lowest BCUT2D eigenvalue weighted by Crippen LogP contribution is -2.30. The SMILES string of the molecule is CN(C)C(=O)CCNC(=O)c1cccc(N)c1O. The van der Waals surface area contributed by atoms with Crippen molar-refractivity contribution in [3.8, 4) is 5.75 Å². The van der Waals surface area contributed by atoms with Gasteiger partial charge >= 0.3 is 0 Å². The van der Waals surface area contributed by atoms with Gasteiger partial charge in [-0.25, -0.2) is 0 Å². The molecule has 0 heterocycles. The van der Waals surface area contributed by atoms with Crippen molar-refractivity contribution < 1.29 is 14.7 Å². The van der Waals surface area contributed by atoms with E-state index in [4.69, 9.17) is 5.73 Å². The normalized spacial score (nSPS) is 9.89. The minimum absolute atomic E-state index is 0.0768. The second-order valence-electron chi connectivity index (χ2n) is 4.04. The molecule has 6 nitrogen and oxygen atoms in total. The van der Waals surface area contributed by atoms with Crippen molar-refractivity contribution in [2.45, 2.75) is 6.42 Å². The summed E-state index contributed by atoms with van der Waals surface area (Å²) in [6.45, 7) is 0.212. The molecule has 0 aromatic heterocycles. The summed E-state index contributed by atoms with van der Waals surface area (Å²) in [5, 5.41) is 12.2. The number of nitrogens with zero attached hydrogens (tertiary/aromatic N) is 1. The highest BCUT2D eigenvalue weighted by Crippen LogP contribution is 2.23. The molecule has 6 heteroatoms. The number of carbonyl (C=O) groups excluding carboxylic acids is 2. The molecule has 0 saturated carbocycles. The summed E-state index contributed by atoms with van der Waals surface area (Å²) in [5.74, 6) is -0.771. The fourth-order valence-corrected chi connectivity index (χ4v) is 1.35. The van der Waals surface area contributed by atoms with E-state index in [1.807, 2.05) is 0 Å². The van der Waals surface area contributed by atoms with Crippen molar-refractivity contribution in [2.75, 3.05) is 26.4 Å². The van der Waals surface area contributed by atoms with Crippen molar-refractivity contribution in [3.63, 3.8) is 0 Å². The topological polar surface area (TPSA) is 95.7 Å². The minimum atomic E-state index is -0.452. The van der Waals surface area contributed by atoms with E-state index in [2.05, 4.69) is 5.32 Å². The van der Waals surface area contributed by atoms with Crippen LogP contribution in [0.2, 0.25) is 0 Å². The first kappa shape index (κ1) is 13.8. The molecular formula is C12H17N3O3. The van der Waals surface area contributed by atoms with Crippen LogP contribution in [0.3, 0.4) is 0 Å². The molecule has 1 rings (SSSR count). The largest absolute Gasteiger partial charge is 0.505 e. The van der Waals surface area contributed by atoms with Crippen LogP contribution >= 0.6 is 0 Å². The number of phenolic OH excluding ortho intramolecular Hbond substituents is 1. The van der Waals surface area contributed by atoms with E-state index >= 15 is 0 Å². The van der Waals surface area contributed by atoms with Gasteiger partial charge in [-0.15, -0.1) is 0 Å². The van der Waals surface area contributed by atoms with Crippen molar-refractivity contribution in [1.82, 2.24) is 10.2 Å². The Morgan fingerprint density at radius 1 is 1.39 bits per heavy atom. The van der Waals surface area contributed by atoms with Crippen LogP contribution < -0.4 is 11.1 Å². The van der Waals surface area contributed by atoms with Gasteiger partial charge < -0.3 is 21.1 Å². The minimum Gasteiger partial charge on any atom is -0.505 e. The van der Waals surface area contributed by atoms with Crippen LogP contribution in [0.15, 0.2) is 18.2 Å². The predicted molar refractivity (Wildman–Crippen MR) is 68.2 cm³/mol. The Labute approximate surface area is 105 Å². The number of anilines is 1. The molecule has 98 valence electrons. The predicted octanol–water partition coefficient (Wildman–Crippen LogP) is 0.182. The fraction of sp³-hybridized carbons (Fsp3) is 0.333. The quantitative estimate of drug-likeness (QED) is 0.525. The molecule has 0 aliphatic carbocycles. The number of benzene rings is 1. The molecule has 1 aromatic rings. The molecule has 18 heavy (non-hydrogen) atoms. The van der Waals surface area contributed by atoms with Crippen molar-refractivity contribution in [1.29, 1.82) is 0 Å². The first-order chi connectivity index (χ1) is 8.43. The Hall–Kier alpha value is -2.24. The first-order valence-corrected chi connectivity index (χ1v) is 5.49. The van der Waals surface area contributed by atoms with Crippen molar-refractivity contribution in [2.24, 2.45) is 0 Å². The summed E-state index contributed by atoms with van der Waals surface area (Å²) in [7, 11) is 3.29. The summed E-state index contributed by atoms with van der Waals surface area (Å²) >= 11 is 0. The zero-order chi connectivity index (χ0) is 13.7. The Kier molecular flexibility index (Phi) is 4.53. The molecule has 2 amide bonds. The van der Waals surface area contributed by atoms with E-state index in [0.717, 1.165) is 0 Å². The third kappa shape index (κ3) is 3.38.